The molecule has 1 aliphatic rings. The van der Waals surface area contributed by atoms with E-state index in [0.29, 0.717) is 12.8 Å². The molecular weight excluding hydrogens is 353 g/mol. The van der Waals surface area contributed by atoms with Crippen LogP contribution in [0.25, 0.3) is 0 Å². The van der Waals surface area contributed by atoms with Gasteiger partial charge < -0.3 is 4.18 Å². The number of benzene rings is 1. The van der Waals surface area contributed by atoms with Gasteiger partial charge in [0.05, 0.1) is 0 Å². The summed E-state index contributed by atoms with van der Waals surface area (Å²) in [6, 6.07) is 7.61. The van der Waals surface area contributed by atoms with Gasteiger partial charge in [-0.2, -0.15) is 21.6 Å². The average molecular weight is 376 g/mol. The molecule has 0 N–H and O–H groups in total. The van der Waals surface area contributed by atoms with Gasteiger partial charge in [-0.3, -0.25) is 0 Å². The van der Waals surface area contributed by atoms with Crippen molar-refractivity contribution in [2.75, 3.05) is 0 Å². The molecule has 3 nitrogen and oxygen atoms in total. The smallest absolute Gasteiger partial charge is 0.380 e. The van der Waals surface area contributed by atoms with Crippen LogP contribution in [0.2, 0.25) is 0 Å². The summed E-state index contributed by atoms with van der Waals surface area (Å²) in [5.41, 5.74) is -3.46. The number of halogens is 3. The number of aryl methyl sites for hydroxylation is 1. The normalized spacial score (nSPS) is 18.2. The quantitative estimate of drug-likeness (QED) is 0.345. The maximum atomic E-state index is 12.5. The highest BCUT2D eigenvalue weighted by Gasteiger charge is 2.49. The first-order valence-corrected chi connectivity index (χ1v) is 9.95. The van der Waals surface area contributed by atoms with Gasteiger partial charge in [0.1, 0.15) is 5.76 Å². The summed E-state index contributed by atoms with van der Waals surface area (Å²) in [7, 11) is -5.62. The summed E-state index contributed by atoms with van der Waals surface area (Å²) in [6.07, 6.45) is 8.09. The third kappa shape index (κ3) is 5.23. The summed E-state index contributed by atoms with van der Waals surface area (Å²) >= 11 is 0. The average Bonchev–Trinajstić information content (AvgIpc) is 2.98. The zero-order valence-electron chi connectivity index (χ0n) is 14.2. The summed E-state index contributed by atoms with van der Waals surface area (Å²) in [5, 5.41) is 0. The molecule has 0 aromatic heterocycles. The van der Waals surface area contributed by atoms with Crippen LogP contribution in [-0.2, 0) is 20.7 Å². The fourth-order valence-corrected chi connectivity index (χ4v) is 3.48. The highest BCUT2D eigenvalue weighted by atomic mass is 32.2. The van der Waals surface area contributed by atoms with Crippen LogP contribution in [0.1, 0.15) is 62.5 Å². The van der Waals surface area contributed by atoms with E-state index in [4.69, 9.17) is 0 Å². The lowest BCUT2D eigenvalue weighted by atomic mass is 9.95. The SMILES string of the molecule is CCCCCCc1ccc([C@@H]2CCC=C2OS(=O)(=O)C(F)(F)F)cc1. The molecular formula is C18H23F3O3S. The Morgan fingerprint density at radius 1 is 1.12 bits per heavy atom. The minimum atomic E-state index is -5.62. The second kappa shape index (κ2) is 8.25. The van der Waals surface area contributed by atoms with Gasteiger partial charge in [0.2, 0.25) is 0 Å². The Hall–Kier alpha value is -1.50. The van der Waals surface area contributed by atoms with Crippen molar-refractivity contribution in [1.82, 2.24) is 0 Å². The monoisotopic (exact) mass is 376 g/mol. The molecule has 0 heterocycles. The minimum Gasteiger partial charge on any atom is -0.380 e. The van der Waals surface area contributed by atoms with E-state index in [1.807, 2.05) is 24.3 Å². The highest BCUT2D eigenvalue weighted by molar-refractivity contribution is 7.87. The van der Waals surface area contributed by atoms with Crippen LogP contribution in [0.4, 0.5) is 13.2 Å². The molecule has 140 valence electrons. The van der Waals surface area contributed by atoms with Crippen molar-refractivity contribution >= 4 is 10.1 Å². The van der Waals surface area contributed by atoms with Gasteiger partial charge in [0.25, 0.3) is 0 Å². The van der Waals surface area contributed by atoms with E-state index >= 15 is 0 Å². The molecule has 0 amide bonds. The van der Waals surface area contributed by atoms with E-state index in [-0.39, 0.29) is 5.76 Å². The van der Waals surface area contributed by atoms with Gasteiger partial charge >= 0.3 is 15.6 Å². The number of rotatable bonds is 8. The topological polar surface area (TPSA) is 43.4 Å². The number of allylic oxidation sites excluding steroid dienone is 2. The molecule has 25 heavy (non-hydrogen) atoms. The first-order chi connectivity index (χ1) is 11.7. The number of hydrogen-bond acceptors (Lipinski definition) is 3. The number of unbranched alkanes of at least 4 members (excludes halogenated alkanes) is 3. The van der Waals surface area contributed by atoms with Gasteiger partial charge in [-0.1, -0.05) is 50.5 Å². The molecule has 1 aliphatic carbocycles. The van der Waals surface area contributed by atoms with Gasteiger partial charge in [-0.05, 0) is 42.9 Å². The molecule has 2 rings (SSSR count). The van der Waals surface area contributed by atoms with E-state index in [1.54, 1.807) is 0 Å². The predicted molar refractivity (Wildman–Crippen MR) is 90.4 cm³/mol. The van der Waals surface area contributed by atoms with Crippen LogP contribution in [0.5, 0.6) is 0 Å². The molecule has 0 fully saturated rings. The Morgan fingerprint density at radius 2 is 1.80 bits per heavy atom. The second-order valence-corrected chi connectivity index (χ2v) is 7.81. The van der Waals surface area contributed by atoms with Crippen LogP contribution in [0, 0.1) is 0 Å². The van der Waals surface area contributed by atoms with Gasteiger partial charge in [0, 0.05) is 5.92 Å². The summed E-state index contributed by atoms with van der Waals surface area (Å²) < 4.78 is 64.3. The summed E-state index contributed by atoms with van der Waals surface area (Å²) in [5.74, 6) is -0.584. The van der Waals surface area contributed by atoms with Crippen LogP contribution in [0.3, 0.4) is 0 Å². The van der Waals surface area contributed by atoms with E-state index in [9.17, 15) is 21.6 Å². The maximum Gasteiger partial charge on any atom is 0.534 e. The molecule has 0 spiro atoms. The molecule has 0 unspecified atom stereocenters. The number of hydrogen-bond donors (Lipinski definition) is 0. The summed E-state index contributed by atoms with van der Waals surface area (Å²) in [6.45, 7) is 2.16. The lowest BCUT2D eigenvalue weighted by Crippen LogP contribution is -2.26. The van der Waals surface area contributed by atoms with E-state index in [0.717, 1.165) is 18.4 Å². The molecule has 7 heteroatoms. The molecule has 0 bridgehead atoms. The third-order valence-electron chi connectivity index (χ3n) is 4.33. The largest absolute Gasteiger partial charge is 0.534 e. The van der Waals surface area contributed by atoms with Crippen molar-refractivity contribution in [2.45, 2.75) is 63.3 Å². The van der Waals surface area contributed by atoms with Gasteiger partial charge in [0.15, 0.2) is 0 Å². The Labute approximate surface area is 147 Å². The van der Waals surface area contributed by atoms with Crippen molar-refractivity contribution in [1.29, 1.82) is 0 Å². The second-order valence-electron chi connectivity index (χ2n) is 6.27. The first kappa shape index (κ1) is 19.8. The van der Waals surface area contributed by atoms with Crippen LogP contribution in [-0.4, -0.2) is 13.9 Å². The maximum absolute atomic E-state index is 12.5. The standard InChI is InChI=1S/C18H23F3O3S/c1-2-3-4-5-7-14-10-12-15(13-11-14)16-8-6-9-17(16)24-25(22,23)18(19,20)21/h9-13,16H,2-8H2,1H3/t16-/m0/s1. The molecule has 1 atom stereocenters. The predicted octanol–water partition coefficient (Wildman–Crippen LogP) is 5.44. The van der Waals surface area contributed by atoms with Crippen molar-refractivity contribution in [3.8, 4) is 0 Å². The Kier molecular flexibility index (Phi) is 6.54. The van der Waals surface area contributed by atoms with Crippen molar-refractivity contribution < 1.29 is 25.8 Å². The molecule has 1 aromatic rings. The first-order valence-electron chi connectivity index (χ1n) is 8.54. The Morgan fingerprint density at radius 3 is 2.40 bits per heavy atom. The molecule has 0 radical (unpaired) electrons. The van der Waals surface area contributed by atoms with Crippen LogP contribution < -0.4 is 0 Å². The van der Waals surface area contributed by atoms with E-state index < -0.39 is 21.5 Å². The molecule has 0 saturated heterocycles. The third-order valence-corrected chi connectivity index (χ3v) is 5.31. The van der Waals surface area contributed by atoms with Crippen LogP contribution in [0.15, 0.2) is 36.1 Å². The van der Waals surface area contributed by atoms with Gasteiger partial charge in [-0.15, -0.1) is 0 Å². The molecule has 0 saturated carbocycles. The Balaban J connectivity index is 2.02. The van der Waals surface area contributed by atoms with E-state index in [1.165, 1.54) is 30.9 Å². The zero-order valence-corrected chi connectivity index (χ0v) is 15.0. The van der Waals surface area contributed by atoms with Crippen molar-refractivity contribution in [3.05, 3.63) is 47.2 Å². The lowest BCUT2D eigenvalue weighted by Gasteiger charge is -2.17. The fraction of sp³-hybridized carbons (Fsp3) is 0.556. The lowest BCUT2D eigenvalue weighted by molar-refractivity contribution is -0.0524. The van der Waals surface area contributed by atoms with Crippen molar-refractivity contribution in [3.63, 3.8) is 0 Å². The number of alkyl halides is 3. The van der Waals surface area contributed by atoms with Crippen molar-refractivity contribution in [2.24, 2.45) is 0 Å². The van der Waals surface area contributed by atoms with E-state index in [2.05, 4.69) is 11.1 Å². The van der Waals surface area contributed by atoms with Crippen LogP contribution >= 0.6 is 0 Å². The summed E-state index contributed by atoms with van der Waals surface area (Å²) in [4.78, 5) is 0. The molecule has 1 aromatic carbocycles. The zero-order chi connectivity index (χ0) is 18.5. The minimum absolute atomic E-state index is 0.131. The fourth-order valence-electron chi connectivity index (χ4n) is 2.95. The molecule has 0 aliphatic heterocycles. The van der Waals surface area contributed by atoms with Gasteiger partial charge in [-0.25, -0.2) is 0 Å². The highest BCUT2D eigenvalue weighted by Crippen LogP contribution is 2.39. The Bertz CT molecular complexity index is 691.